The third-order valence-corrected chi connectivity index (χ3v) is 5.78. The van der Waals surface area contributed by atoms with Gasteiger partial charge in [-0.15, -0.1) is 0 Å². The van der Waals surface area contributed by atoms with Gasteiger partial charge in [0.25, 0.3) is 11.8 Å². The maximum Gasteiger partial charge on any atom is 0.262 e. The molecule has 0 atom stereocenters. The molecule has 3 N–H and O–H groups in total. The van der Waals surface area contributed by atoms with Crippen LogP contribution < -0.4 is 16.0 Å². The van der Waals surface area contributed by atoms with Gasteiger partial charge in [-0.1, -0.05) is 29.8 Å². The Morgan fingerprint density at radius 2 is 1.32 bits per heavy atom. The summed E-state index contributed by atoms with van der Waals surface area (Å²) in [7, 11) is 0. The quantitative estimate of drug-likeness (QED) is 0.317. The molecule has 0 spiro atoms. The van der Waals surface area contributed by atoms with Crippen LogP contribution in [-0.2, 0) is 4.79 Å². The van der Waals surface area contributed by atoms with Crippen LogP contribution in [0.1, 0.15) is 32.0 Å². The number of nitrogens with one attached hydrogen (secondary N) is 3. The molecule has 37 heavy (non-hydrogen) atoms. The molecule has 2 heterocycles. The fourth-order valence-corrected chi connectivity index (χ4v) is 3.97. The van der Waals surface area contributed by atoms with E-state index in [1.807, 2.05) is 44.2 Å². The van der Waals surface area contributed by atoms with Gasteiger partial charge in [0, 0.05) is 28.8 Å². The topological polar surface area (TPSA) is 116 Å². The van der Waals surface area contributed by atoms with Crippen molar-refractivity contribution in [1.29, 1.82) is 0 Å². The highest BCUT2D eigenvalue weighted by molar-refractivity contribution is 6.22. The molecule has 0 saturated carbocycles. The molecule has 4 aromatic rings. The van der Waals surface area contributed by atoms with Crippen LogP contribution in [0.2, 0.25) is 0 Å². The second-order valence-corrected chi connectivity index (χ2v) is 8.70. The fourth-order valence-electron chi connectivity index (χ4n) is 3.97. The molecule has 0 bridgehead atoms. The summed E-state index contributed by atoms with van der Waals surface area (Å²) in [6.07, 6.45) is 0. The number of nitrogens with zero attached hydrogens (tertiary/aromatic N) is 3. The average Bonchev–Trinajstić information content (AvgIpc) is 3.11. The van der Waals surface area contributed by atoms with Gasteiger partial charge in [-0.05, 0) is 62.4 Å². The lowest BCUT2D eigenvalue weighted by Crippen LogP contribution is -2.37. The van der Waals surface area contributed by atoms with E-state index >= 15 is 0 Å². The van der Waals surface area contributed by atoms with Crippen molar-refractivity contribution in [2.24, 2.45) is 0 Å². The van der Waals surface area contributed by atoms with E-state index in [4.69, 9.17) is 0 Å². The van der Waals surface area contributed by atoms with Crippen LogP contribution in [0, 0.1) is 13.8 Å². The number of rotatable bonds is 7. The molecule has 1 aliphatic rings. The number of amides is 3. The first-order valence-electron chi connectivity index (χ1n) is 11.7. The highest BCUT2D eigenvalue weighted by Gasteiger charge is 2.36. The summed E-state index contributed by atoms with van der Waals surface area (Å²) in [4.78, 5) is 47.4. The number of carbonyl (C=O) groups excluding carboxylic acids is 3. The lowest BCUT2D eigenvalue weighted by molar-refractivity contribution is -0.116. The van der Waals surface area contributed by atoms with Crippen molar-refractivity contribution >= 4 is 46.5 Å². The Kier molecular flexibility index (Phi) is 6.34. The van der Waals surface area contributed by atoms with Crippen molar-refractivity contribution in [1.82, 2.24) is 14.9 Å². The van der Waals surface area contributed by atoms with Crippen LogP contribution in [0.5, 0.6) is 0 Å². The van der Waals surface area contributed by atoms with Gasteiger partial charge in [0.15, 0.2) is 0 Å². The number of carbonyl (C=O) groups is 3. The van der Waals surface area contributed by atoms with E-state index in [-0.39, 0.29) is 6.54 Å². The highest BCUT2D eigenvalue weighted by atomic mass is 16.2. The van der Waals surface area contributed by atoms with E-state index in [0.717, 1.165) is 22.0 Å². The summed E-state index contributed by atoms with van der Waals surface area (Å²) < 4.78 is 0. The lowest BCUT2D eigenvalue weighted by atomic mass is 10.1. The van der Waals surface area contributed by atoms with Crippen molar-refractivity contribution in [3.8, 4) is 0 Å². The zero-order valence-corrected chi connectivity index (χ0v) is 20.3. The number of fused-ring (bicyclic) bond motifs is 1. The first-order valence-corrected chi connectivity index (χ1v) is 11.7. The smallest absolute Gasteiger partial charge is 0.262 e. The van der Waals surface area contributed by atoms with Crippen molar-refractivity contribution in [2.45, 2.75) is 13.8 Å². The lowest BCUT2D eigenvalue weighted by Gasteiger charge is -2.14. The Bertz CT molecular complexity index is 1460. The Balaban J connectivity index is 1.20. The summed E-state index contributed by atoms with van der Waals surface area (Å²) in [5, 5.41) is 9.17. The summed E-state index contributed by atoms with van der Waals surface area (Å²) in [6.45, 7) is 3.56. The minimum Gasteiger partial charge on any atom is -0.340 e. The minimum absolute atomic E-state index is 0.311. The molecule has 3 amide bonds. The van der Waals surface area contributed by atoms with E-state index in [9.17, 15) is 14.4 Å². The van der Waals surface area contributed by atoms with Gasteiger partial charge in [0.05, 0.1) is 11.1 Å². The SMILES string of the molecule is Cc1ccc(Nc2cc(C)nc(Nc3ccc(NC(=O)CN4C(=O)c5ccccc5C4=O)cc3)n2)cc1. The van der Waals surface area contributed by atoms with Gasteiger partial charge in [-0.2, -0.15) is 4.98 Å². The number of benzene rings is 3. The maximum absolute atomic E-state index is 12.5. The molecule has 0 saturated heterocycles. The molecule has 0 aliphatic carbocycles. The van der Waals surface area contributed by atoms with Crippen molar-refractivity contribution in [3.05, 3.63) is 101 Å². The highest BCUT2D eigenvalue weighted by Crippen LogP contribution is 2.23. The first kappa shape index (κ1) is 23.7. The van der Waals surface area contributed by atoms with Crippen LogP contribution in [0.3, 0.4) is 0 Å². The predicted octanol–water partition coefficient (Wildman–Crippen LogP) is 4.82. The number of hydrogen-bond donors (Lipinski definition) is 3. The Hall–Kier alpha value is -5.05. The molecule has 1 aliphatic heterocycles. The second-order valence-electron chi connectivity index (χ2n) is 8.70. The molecule has 3 aromatic carbocycles. The van der Waals surface area contributed by atoms with E-state index in [1.165, 1.54) is 5.56 Å². The van der Waals surface area contributed by atoms with Crippen molar-refractivity contribution in [2.75, 3.05) is 22.5 Å². The minimum atomic E-state index is -0.468. The van der Waals surface area contributed by atoms with E-state index < -0.39 is 17.7 Å². The van der Waals surface area contributed by atoms with Crippen LogP contribution in [-0.4, -0.2) is 39.1 Å². The summed E-state index contributed by atoms with van der Waals surface area (Å²) >= 11 is 0. The van der Waals surface area contributed by atoms with Gasteiger partial charge in [-0.3, -0.25) is 19.3 Å². The Labute approximate surface area is 213 Å². The molecular weight excluding hydrogens is 468 g/mol. The Morgan fingerprint density at radius 1 is 0.757 bits per heavy atom. The largest absolute Gasteiger partial charge is 0.340 e. The molecule has 5 rings (SSSR count). The fraction of sp³-hybridized carbons (Fsp3) is 0.107. The van der Waals surface area contributed by atoms with Gasteiger partial charge in [0.1, 0.15) is 12.4 Å². The number of imide groups is 1. The van der Waals surface area contributed by atoms with Crippen LogP contribution in [0.25, 0.3) is 0 Å². The molecule has 1 aromatic heterocycles. The third-order valence-electron chi connectivity index (χ3n) is 5.78. The van der Waals surface area contributed by atoms with Crippen LogP contribution in [0.15, 0.2) is 78.9 Å². The second kappa shape index (κ2) is 9.90. The van der Waals surface area contributed by atoms with Gasteiger partial charge >= 0.3 is 0 Å². The third kappa shape index (κ3) is 5.30. The standard InChI is InChI=1S/C28H24N6O3/c1-17-7-9-19(10-8-17)30-24-15-18(2)29-28(33-24)32-21-13-11-20(12-14-21)31-25(35)16-34-26(36)22-5-3-4-6-23(22)27(34)37/h3-15H,16H2,1-2H3,(H,31,35)(H2,29,30,32,33). The van der Waals surface area contributed by atoms with E-state index in [0.29, 0.717) is 28.6 Å². The number of aryl methyl sites for hydroxylation is 2. The summed E-state index contributed by atoms with van der Waals surface area (Å²) in [5.41, 5.74) is 4.78. The van der Waals surface area contributed by atoms with Gasteiger partial charge < -0.3 is 16.0 Å². The monoisotopic (exact) mass is 492 g/mol. The van der Waals surface area contributed by atoms with E-state index in [2.05, 4.69) is 25.9 Å². The normalized spacial score (nSPS) is 12.3. The number of anilines is 5. The zero-order valence-electron chi connectivity index (χ0n) is 20.3. The molecule has 184 valence electrons. The van der Waals surface area contributed by atoms with Gasteiger partial charge in [0.2, 0.25) is 11.9 Å². The predicted molar refractivity (Wildman–Crippen MR) is 141 cm³/mol. The van der Waals surface area contributed by atoms with Crippen LogP contribution >= 0.6 is 0 Å². The zero-order chi connectivity index (χ0) is 25.9. The van der Waals surface area contributed by atoms with Crippen molar-refractivity contribution in [3.63, 3.8) is 0 Å². The van der Waals surface area contributed by atoms with E-state index in [1.54, 1.807) is 48.5 Å². The molecule has 0 radical (unpaired) electrons. The van der Waals surface area contributed by atoms with Crippen LogP contribution in [0.4, 0.5) is 28.8 Å². The van der Waals surface area contributed by atoms with Gasteiger partial charge in [-0.25, -0.2) is 4.98 Å². The maximum atomic E-state index is 12.5. The number of hydrogen-bond acceptors (Lipinski definition) is 7. The molecule has 0 unspecified atom stereocenters. The first-order chi connectivity index (χ1) is 17.9. The molecular formula is C28H24N6O3. The molecule has 9 nitrogen and oxygen atoms in total. The Morgan fingerprint density at radius 3 is 1.97 bits per heavy atom. The van der Waals surface area contributed by atoms with Crippen molar-refractivity contribution < 1.29 is 14.4 Å². The number of aromatic nitrogens is 2. The molecule has 9 heteroatoms. The summed E-state index contributed by atoms with van der Waals surface area (Å²) in [5.74, 6) is -0.314. The molecule has 0 fully saturated rings. The summed E-state index contributed by atoms with van der Waals surface area (Å²) in [6, 6.07) is 23.4. The average molecular weight is 493 g/mol.